The lowest BCUT2D eigenvalue weighted by Crippen LogP contribution is -2.33. The molecule has 3 heteroatoms. The summed E-state index contributed by atoms with van der Waals surface area (Å²) >= 11 is 12.1. The molecule has 16 heavy (non-hydrogen) atoms. The molecule has 0 amide bonds. The van der Waals surface area contributed by atoms with E-state index in [0.717, 1.165) is 28.5 Å². The smallest absolute Gasteiger partial charge is 0.0439 e. The van der Waals surface area contributed by atoms with Crippen molar-refractivity contribution in [2.75, 3.05) is 7.05 Å². The fourth-order valence-electron chi connectivity index (χ4n) is 1.81. The standard InChI is InChI=1S/C13H19Cl2N/c1-4-9(2)13(16-3)8-10-7-11(14)5-6-12(10)15/h5-7,9,13,16H,4,8H2,1-3H3. The predicted octanol–water partition coefficient (Wildman–Crippen LogP) is 4.17. The molecular formula is C13H19Cl2N. The SMILES string of the molecule is CCC(C)C(Cc1cc(Cl)ccc1Cl)NC. The number of hydrogen-bond donors (Lipinski definition) is 1. The van der Waals surface area contributed by atoms with Crippen LogP contribution in [0.5, 0.6) is 0 Å². The predicted molar refractivity (Wildman–Crippen MR) is 72.5 cm³/mol. The summed E-state index contributed by atoms with van der Waals surface area (Å²) in [4.78, 5) is 0. The largest absolute Gasteiger partial charge is 0.316 e. The third-order valence-corrected chi connectivity index (χ3v) is 3.75. The molecule has 0 saturated carbocycles. The lowest BCUT2D eigenvalue weighted by atomic mass is 9.93. The topological polar surface area (TPSA) is 12.0 Å². The number of hydrogen-bond acceptors (Lipinski definition) is 1. The molecule has 0 aromatic heterocycles. The first-order chi connectivity index (χ1) is 7.58. The highest BCUT2D eigenvalue weighted by Gasteiger charge is 2.15. The quantitative estimate of drug-likeness (QED) is 0.837. The van der Waals surface area contributed by atoms with Gasteiger partial charge in [0.2, 0.25) is 0 Å². The van der Waals surface area contributed by atoms with Crippen LogP contribution < -0.4 is 5.32 Å². The molecule has 0 aliphatic rings. The normalized spacial score (nSPS) is 14.8. The maximum atomic E-state index is 6.16. The molecule has 2 atom stereocenters. The lowest BCUT2D eigenvalue weighted by Gasteiger charge is -2.23. The first-order valence-electron chi connectivity index (χ1n) is 5.69. The summed E-state index contributed by atoms with van der Waals surface area (Å²) in [6, 6.07) is 6.09. The number of rotatable bonds is 5. The Morgan fingerprint density at radius 3 is 2.56 bits per heavy atom. The van der Waals surface area contributed by atoms with Crippen molar-refractivity contribution in [3.63, 3.8) is 0 Å². The summed E-state index contributed by atoms with van der Waals surface area (Å²) in [5.41, 5.74) is 1.12. The molecule has 0 spiro atoms. The van der Waals surface area contributed by atoms with Crippen LogP contribution in [0.15, 0.2) is 18.2 Å². The fourth-order valence-corrected chi connectivity index (χ4v) is 2.20. The van der Waals surface area contributed by atoms with Crippen LogP contribution in [0.4, 0.5) is 0 Å². The maximum absolute atomic E-state index is 6.16. The van der Waals surface area contributed by atoms with E-state index in [0.29, 0.717) is 12.0 Å². The maximum Gasteiger partial charge on any atom is 0.0439 e. The number of benzene rings is 1. The Hall–Kier alpha value is -0.240. The van der Waals surface area contributed by atoms with Crippen LogP contribution in [0.3, 0.4) is 0 Å². The van der Waals surface area contributed by atoms with Gasteiger partial charge in [0.15, 0.2) is 0 Å². The van der Waals surface area contributed by atoms with Crippen molar-refractivity contribution in [2.45, 2.75) is 32.7 Å². The van der Waals surface area contributed by atoms with Gasteiger partial charge in [-0.2, -0.15) is 0 Å². The minimum absolute atomic E-state index is 0.445. The Kier molecular flexibility index (Phi) is 5.60. The molecule has 0 fully saturated rings. The van der Waals surface area contributed by atoms with Crippen molar-refractivity contribution in [3.05, 3.63) is 33.8 Å². The summed E-state index contributed by atoms with van der Waals surface area (Å²) < 4.78 is 0. The second kappa shape index (κ2) is 6.48. The third-order valence-electron chi connectivity index (χ3n) is 3.15. The van der Waals surface area contributed by atoms with Crippen molar-refractivity contribution in [1.29, 1.82) is 0 Å². The van der Waals surface area contributed by atoms with Crippen LogP contribution in [-0.2, 0) is 6.42 Å². The first kappa shape index (κ1) is 13.8. The minimum Gasteiger partial charge on any atom is -0.316 e. The van der Waals surface area contributed by atoms with Gasteiger partial charge in [-0.25, -0.2) is 0 Å². The van der Waals surface area contributed by atoms with Gasteiger partial charge in [0.1, 0.15) is 0 Å². The average Bonchev–Trinajstić information content (AvgIpc) is 2.29. The van der Waals surface area contributed by atoms with E-state index in [1.165, 1.54) is 0 Å². The van der Waals surface area contributed by atoms with Crippen LogP contribution in [0.1, 0.15) is 25.8 Å². The third kappa shape index (κ3) is 3.65. The van der Waals surface area contributed by atoms with Crippen molar-refractivity contribution in [1.82, 2.24) is 5.32 Å². The number of nitrogens with one attached hydrogen (secondary N) is 1. The molecule has 1 nitrogen and oxygen atoms in total. The molecule has 0 aliphatic carbocycles. The zero-order valence-electron chi connectivity index (χ0n) is 10.1. The van der Waals surface area contributed by atoms with E-state index in [1.54, 1.807) is 0 Å². The zero-order chi connectivity index (χ0) is 12.1. The molecule has 1 N–H and O–H groups in total. The minimum atomic E-state index is 0.445. The summed E-state index contributed by atoms with van der Waals surface area (Å²) in [5.74, 6) is 0.625. The molecule has 1 aromatic carbocycles. The molecule has 0 saturated heterocycles. The van der Waals surface area contributed by atoms with Gasteiger partial charge < -0.3 is 5.32 Å². The Labute approximate surface area is 108 Å². The molecule has 1 rings (SSSR count). The van der Waals surface area contributed by atoms with Crippen LogP contribution in [-0.4, -0.2) is 13.1 Å². The van der Waals surface area contributed by atoms with Crippen molar-refractivity contribution in [3.8, 4) is 0 Å². The molecular weight excluding hydrogens is 241 g/mol. The molecule has 0 heterocycles. The van der Waals surface area contributed by atoms with Gasteiger partial charge in [-0.3, -0.25) is 0 Å². The lowest BCUT2D eigenvalue weighted by molar-refractivity contribution is 0.386. The second-order valence-electron chi connectivity index (χ2n) is 4.22. The number of halogens is 2. The van der Waals surface area contributed by atoms with Crippen LogP contribution in [0.25, 0.3) is 0 Å². The summed E-state index contributed by atoms with van der Waals surface area (Å²) in [5, 5.41) is 4.89. The van der Waals surface area contributed by atoms with E-state index in [4.69, 9.17) is 23.2 Å². The highest BCUT2D eigenvalue weighted by atomic mass is 35.5. The van der Waals surface area contributed by atoms with Crippen LogP contribution >= 0.6 is 23.2 Å². The van der Waals surface area contributed by atoms with Crippen molar-refractivity contribution in [2.24, 2.45) is 5.92 Å². The molecule has 90 valence electrons. The van der Waals surface area contributed by atoms with Crippen molar-refractivity contribution >= 4 is 23.2 Å². The Morgan fingerprint density at radius 2 is 2.00 bits per heavy atom. The average molecular weight is 260 g/mol. The van der Waals surface area contributed by atoms with Crippen LogP contribution in [0.2, 0.25) is 10.0 Å². The highest BCUT2D eigenvalue weighted by Crippen LogP contribution is 2.23. The van der Waals surface area contributed by atoms with E-state index in [-0.39, 0.29) is 0 Å². The van der Waals surface area contributed by atoms with Gasteiger partial charge in [0.25, 0.3) is 0 Å². The van der Waals surface area contributed by atoms with E-state index < -0.39 is 0 Å². The van der Waals surface area contributed by atoms with Gasteiger partial charge in [0, 0.05) is 16.1 Å². The Bertz CT molecular complexity index is 339. The second-order valence-corrected chi connectivity index (χ2v) is 5.06. The molecule has 0 aliphatic heterocycles. The molecule has 1 aromatic rings. The van der Waals surface area contributed by atoms with Gasteiger partial charge in [-0.05, 0) is 43.1 Å². The Balaban J connectivity index is 2.81. The number of likely N-dealkylation sites (N-methyl/N-ethyl adjacent to an activating group) is 1. The van der Waals surface area contributed by atoms with E-state index in [9.17, 15) is 0 Å². The van der Waals surface area contributed by atoms with Crippen LogP contribution in [0, 0.1) is 5.92 Å². The fraction of sp³-hybridized carbons (Fsp3) is 0.538. The molecule has 0 radical (unpaired) electrons. The summed E-state index contributed by atoms with van der Waals surface area (Å²) in [6.07, 6.45) is 2.08. The summed E-state index contributed by atoms with van der Waals surface area (Å²) in [7, 11) is 2.00. The van der Waals surface area contributed by atoms with E-state index in [2.05, 4.69) is 19.2 Å². The monoisotopic (exact) mass is 259 g/mol. The van der Waals surface area contributed by atoms with Gasteiger partial charge in [-0.15, -0.1) is 0 Å². The van der Waals surface area contributed by atoms with Gasteiger partial charge in [0.05, 0.1) is 0 Å². The Morgan fingerprint density at radius 1 is 1.31 bits per heavy atom. The van der Waals surface area contributed by atoms with Gasteiger partial charge in [-0.1, -0.05) is 43.5 Å². The molecule has 2 unspecified atom stereocenters. The van der Waals surface area contributed by atoms with Crippen molar-refractivity contribution < 1.29 is 0 Å². The first-order valence-corrected chi connectivity index (χ1v) is 6.45. The van der Waals surface area contributed by atoms with E-state index in [1.807, 2.05) is 25.2 Å². The summed E-state index contributed by atoms with van der Waals surface area (Å²) in [6.45, 7) is 4.45. The van der Waals surface area contributed by atoms with Gasteiger partial charge >= 0.3 is 0 Å². The highest BCUT2D eigenvalue weighted by molar-refractivity contribution is 6.33. The zero-order valence-corrected chi connectivity index (χ0v) is 11.6. The van der Waals surface area contributed by atoms with E-state index >= 15 is 0 Å². The molecule has 0 bridgehead atoms.